The smallest absolute Gasteiger partial charge is 0.272 e. The van der Waals surface area contributed by atoms with Crippen LogP contribution in [0.15, 0.2) is 24.3 Å². The molecule has 0 aliphatic carbocycles. The summed E-state index contributed by atoms with van der Waals surface area (Å²) in [7, 11) is 0. The van der Waals surface area contributed by atoms with Crippen LogP contribution in [0.25, 0.3) is 10.9 Å². The lowest BCUT2D eigenvalue weighted by Gasteiger charge is -2.47. The molecule has 23 heavy (non-hydrogen) atoms. The lowest BCUT2D eigenvalue weighted by Crippen LogP contribution is -2.55. The van der Waals surface area contributed by atoms with Crippen LogP contribution in [0.4, 0.5) is 0 Å². The van der Waals surface area contributed by atoms with Gasteiger partial charge in [0.25, 0.3) is 5.91 Å². The molecule has 5 nitrogen and oxygen atoms in total. The number of amides is 1. The second-order valence-electron chi connectivity index (χ2n) is 4.86. The summed E-state index contributed by atoms with van der Waals surface area (Å²) in [5.41, 5.74) is -0.805. The molecule has 1 aromatic carbocycles. The van der Waals surface area contributed by atoms with E-state index in [4.69, 9.17) is 24.7 Å². The fourth-order valence-electron chi connectivity index (χ4n) is 2.36. The molecule has 1 aromatic heterocycles. The van der Waals surface area contributed by atoms with Crippen LogP contribution in [0.3, 0.4) is 0 Å². The summed E-state index contributed by atoms with van der Waals surface area (Å²) in [6.07, 6.45) is -19.1. The number of benzene rings is 1. The minimum absolute atomic E-state index is 0.0917. The number of nitrogens with zero attached hydrogens (tertiary/aromatic N) is 3. The molecule has 2 fully saturated rings. The van der Waals surface area contributed by atoms with E-state index in [2.05, 4.69) is 5.10 Å². The van der Waals surface area contributed by atoms with Crippen LogP contribution in [-0.2, 0) is 6.98 Å². The largest absolute Gasteiger partial charge is 0.348 e. The zero-order chi connectivity index (χ0) is 31.8. The quantitative estimate of drug-likeness (QED) is 0.919. The third kappa shape index (κ3) is 2.53. The number of nitrogens with one attached hydrogen (secondary N) is 1. The van der Waals surface area contributed by atoms with Crippen molar-refractivity contribution < 1.29 is 29.5 Å². The van der Waals surface area contributed by atoms with Gasteiger partial charge in [-0.2, -0.15) is 5.10 Å². The van der Waals surface area contributed by atoms with Gasteiger partial charge in [-0.1, -0.05) is 24.6 Å². The van der Waals surface area contributed by atoms with Gasteiger partial charge in [0.15, 0.2) is 5.69 Å². The molecule has 4 atom stereocenters. The average Bonchev–Trinajstić information content (AvgIpc) is 3.21. The minimum atomic E-state index is -4.12. The molecular weight excluding hydrogens is 288 g/mol. The van der Waals surface area contributed by atoms with E-state index >= 15 is 0 Å². The fraction of sp³-hybridized carbons (Fsp3) is 0.556. The Bertz CT molecular complexity index is 1420. The third-order valence-electron chi connectivity index (χ3n) is 3.42. The minimum Gasteiger partial charge on any atom is -0.348 e. The van der Waals surface area contributed by atoms with E-state index in [-0.39, 0.29) is 10.9 Å². The van der Waals surface area contributed by atoms with Crippen molar-refractivity contribution in [1.29, 1.82) is 0 Å². The highest BCUT2D eigenvalue weighted by Crippen LogP contribution is 2.32. The van der Waals surface area contributed by atoms with Gasteiger partial charge >= 0.3 is 0 Å². The van der Waals surface area contributed by atoms with Crippen LogP contribution in [-0.4, -0.2) is 45.6 Å². The van der Waals surface area contributed by atoms with E-state index in [0.29, 0.717) is 4.68 Å². The maximum Gasteiger partial charge on any atom is 0.272 e. The molecule has 0 spiro atoms. The summed E-state index contributed by atoms with van der Waals surface area (Å²) < 4.78 is 150. The summed E-state index contributed by atoms with van der Waals surface area (Å²) >= 11 is 0. The normalized spacial score (nSPS) is 62.2. The molecule has 0 radical (unpaired) electrons. The van der Waals surface area contributed by atoms with Crippen LogP contribution in [0.2, 0.25) is 0 Å². The van der Waals surface area contributed by atoms with Crippen molar-refractivity contribution in [2.45, 2.75) is 49.9 Å². The number of para-hydroxylation sites is 1. The first-order valence-electron chi connectivity index (χ1n) is 15.7. The van der Waals surface area contributed by atoms with Crippen LogP contribution >= 0.6 is 0 Å². The van der Waals surface area contributed by atoms with E-state index in [9.17, 15) is 4.79 Å². The molecule has 2 aliphatic rings. The molecule has 2 aliphatic heterocycles. The first-order chi connectivity index (χ1) is 18.1. The summed E-state index contributed by atoms with van der Waals surface area (Å²) in [5.74, 6) is -1.53. The van der Waals surface area contributed by atoms with Crippen molar-refractivity contribution in [3.8, 4) is 0 Å². The van der Waals surface area contributed by atoms with Gasteiger partial charge in [-0.05, 0) is 38.6 Å². The van der Waals surface area contributed by atoms with Crippen LogP contribution < -0.4 is 5.32 Å². The molecule has 2 aromatic rings. The Labute approximate surface area is 161 Å². The van der Waals surface area contributed by atoms with Crippen LogP contribution in [0, 0.1) is 0 Å². The zero-order valence-electron chi connectivity index (χ0n) is 29.6. The van der Waals surface area contributed by atoms with Crippen LogP contribution in [0.5, 0.6) is 0 Å². The van der Waals surface area contributed by atoms with Crippen LogP contribution in [0.1, 0.15) is 67.1 Å². The van der Waals surface area contributed by atoms with Gasteiger partial charge in [-0.15, -0.1) is 0 Å². The Morgan fingerprint density at radius 3 is 3.13 bits per heavy atom. The van der Waals surface area contributed by atoms with E-state index in [1.165, 1.54) is 24.3 Å². The zero-order valence-corrected chi connectivity index (χ0v) is 11.6. The molecule has 0 saturated carbocycles. The van der Waals surface area contributed by atoms with Crippen molar-refractivity contribution in [3.63, 3.8) is 0 Å². The van der Waals surface area contributed by atoms with Crippen molar-refractivity contribution in [2.24, 2.45) is 6.98 Å². The van der Waals surface area contributed by atoms with E-state index in [1.807, 2.05) is 0 Å². The molecule has 2 saturated heterocycles. The molecular formula is C18H24N4O. The molecule has 4 rings (SSSR count). The fourth-order valence-corrected chi connectivity index (χ4v) is 2.36. The van der Waals surface area contributed by atoms with E-state index < -0.39 is 80.4 Å². The Morgan fingerprint density at radius 2 is 2.26 bits per heavy atom. The number of carbonyl (C=O) groups is 1. The summed E-state index contributed by atoms with van der Waals surface area (Å²) in [6, 6.07) is -6.30. The second kappa shape index (κ2) is 5.64. The molecule has 122 valence electrons. The van der Waals surface area contributed by atoms with Gasteiger partial charge in [-0.3, -0.25) is 9.48 Å². The average molecular weight is 331 g/mol. The van der Waals surface area contributed by atoms with Gasteiger partial charge in [-0.25, -0.2) is 0 Å². The van der Waals surface area contributed by atoms with Gasteiger partial charge in [0.05, 0.1) is 6.89 Å². The molecule has 2 unspecified atom stereocenters. The standard InChI is InChI=1S/C18H24N4O/c1-21-13-6-5-7-14(21)11-12(10-13)19-18(23)17-15-8-3-4-9-16(15)22(2)20-17/h3-4,8-9,12-14H,5-7,10-11H2,1-2H3,(H,19,23)/t13-,14-/m1/s1/i1D3,2D3,5D2,6D2,7D2,10D,11D2,12D,13D,14D/t10?,12?,13-,14-. The van der Waals surface area contributed by atoms with Gasteiger partial charge < -0.3 is 10.2 Å². The Kier molecular flexibility index (Phi) is 1.18. The predicted octanol–water partition coefficient (Wildman–Crippen LogP) is 2.32. The number of aromatic nitrogens is 2. The Balaban J connectivity index is 2.01. The third-order valence-corrected chi connectivity index (χ3v) is 3.42. The number of piperidine rings is 2. The molecule has 2 bridgehead atoms. The monoisotopic (exact) mass is 330 g/mol. The Hall–Kier alpha value is -1.88. The maximum absolute atomic E-state index is 13.5. The molecule has 5 heteroatoms. The number of hydrogen-bond donors (Lipinski definition) is 1. The van der Waals surface area contributed by atoms with Crippen molar-refractivity contribution >= 4 is 16.8 Å². The number of rotatable bonds is 2. The molecule has 3 heterocycles. The van der Waals surface area contributed by atoms with Gasteiger partial charge in [0.1, 0.15) is 0 Å². The van der Waals surface area contributed by atoms with Crippen molar-refractivity contribution in [1.82, 2.24) is 20.0 Å². The highest BCUT2D eigenvalue weighted by Gasteiger charge is 2.36. The summed E-state index contributed by atoms with van der Waals surface area (Å²) in [6.45, 7) is -6.78. The van der Waals surface area contributed by atoms with E-state index in [1.54, 1.807) is 5.32 Å². The van der Waals surface area contributed by atoms with Gasteiger partial charge in [0.2, 0.25) is 0 Å². The first-order valence-corrected chi connectivity index (χ1v) is 6.65. The number of fused-ring (bicyclic) bond motifs is 3. The number of hydrogen-bond acceptors (Lipinski definition) is 3. The summed E-state index contributed by atoms with van der Waals surface area (Å²) in [4.78, 5) is 13.0. The first kappa shape index (κ1) is 4.82. The SMILES string of the molecule is [2H]C1C([2H])(NC(=O)c2nn(C([2H])([2H])[2H])c3ccccc23)C([2H])([2H])[C@]2([2H])N(C([2H])([2H])[2H])[C@]1([2H])C([2H])([2H])C([2H])([2H])C2([2H])[2H]. The van der Waals surface area contributed by atoms with E-state index in [0.717, 1.165) is 0 Å². The second-order valence-corrected chi connectivity index (χ2v) is 4.86. The van der Waals surface area contributed by atoms with Crippen molar-refractivity contribution in [2.75, 3.05) is 6.98 Å². The molecule has 1 amide bonds. The van der Waals surface area contributed by atoms with Crippen molar-refractivity contribution in [3.05, 3.63) is 30.0 Å². The highest BCUT2D eigenvalue weighted by atomic mass is 16.2. The highest BCUT2D eigenvalue weighted by molar-refractivity contribution is 6.04. The summed E-state index contributed by atoms with van der Waals surface area (Å²) in [5, 5.41) is 5.39. The van der Waals surface area contributed by atoms with Gasteiger partial charge in [0, 0.05) is 53.7 Å². The number of aryl methyl sites for hydroxylation is 1. The number of carbonyl (C=O) groups excluding carboxylic acids is 1. The lowest BCUT2D eigenvalue weighted by molar-refractivity contribution is 0.0462. The molecule has 1 N–H and O–H groups in total. The predicted molar refractivity (Wildman–Crippen MR) is 90.4 cm³/mol. The topological polar surface area (TPSA) is 50.2 Å². The Morgan fingerprint density at radius 1 is 1.39 bits per heavy atom. The lowest BCUT2D eigenvalue weighted by atomic mass is 9.82. The maximum atomic E-state index is 13.5.